The molecule has 0 spiro atoms. The lowest BCUT2D eigenvalue weighted by Gasteiger charge is -2.42. The van der Waals surface area contributed by atoms with Gasteiger partial charge >= 0.3 is 0 Å². The molecule has 1 aromatic carbocycles. The minimum absolute atomic E-state index is 0.0357. The fourth-order valence-electron chi connectivity index (χ4n) is 2.44. The summed E-state index contributed by atoms with van der Waals surface area (Å²) in [6.07, 6.45) is -0.346. The van der Waals surface area contributed by atoms with Gasteiger partial charge in [-0.05, 0) is 47.4 Å². The molecule has 31 heavy (non-hydrogen) atoms. The van der Waals surface area contributed by atoms with E-state index in [0.29, 0.717) is 19.8 Å². The predicted octanol–water partition coefficient (Wildman–Crippen LogP) is 7.29. The van der Waals surface area contributed by atoms with Gasteiger partial charge in [-0.2, -0.15) is 0 Å². The minimum atomic E-state index is -2.11. The van der Waals surface area contributed by atoms with E-state index in [-0.39, 0.29) is 16.2 Å². The summed E-state index contributed by atoms with van der Waals surface area (Å²) in [5.74, 6) is 0. The highest BCUT2D eigenvalue weighted by molar-refractivity contribution is 6.74. The third kappa shape index (κ3) is 8.71. The van der Waals surface area contributed by atoms with Crippen molar-refractivity contribution in [3.05, 3.63) is 46.3 Å². The molecule has 0 bridgehead atoms. The molecule has 8 heteroatoms. The third-order valence-electron chi connectivity index (χ3n) is 6.70. The molecule has 176 valence electrons. The minimum Gasteiger partial charge on any atom is -0.414 e. The summed E-state index contributed by atoms with van der Waals surface area (Å²) >= 11 is 0. The summed E-state index contributed by atoms with van der Waals surface area (Å²) in [7, 11) is -4.09. The summed E-state index contributed by atoms with van der Waals surface area (Å²) < 4.78 is 19.2. The fourth-order valence-corrected chi connectivity index (χ4v) is 4.79. The molecule has 0 radical (unpaired) electrons. The van der Waals surface area contributed by atoms with Crippen LogP contribution in [0.15, 0.2) is 35.4 Å². The number of benzene rings is 1. The van der Waals surface area contributed by atoms with Crippen LogP contribution in [-0.2, 0) is 20.2 Å². The molecule has 1 rings (SSSR count). The second-order valence-electron chi connectivity index (χ2n) is 11.3. The molecule has 0 aliphatic rings. The van der Waals surface area contributed by atoms with Crippen LogP contribution in [0.3, 0.4) is 0 Å². The van der Waals surface area contributed by atoms with Gasteiger partial charge in [0.15, 0.2) is 16.6 Å². The van der Waals surface area contributed by atoms with Crippen LogP contribution in [0.2, 0.25) is 36.3 Å². The molecule has 0 amide bonds. The number of hydrogen-bond donors (Lipinski definition) is 0. The first kappa shape index (κ1) is 27.9. The van der Waals surface area contributed by atoms with Crippen molar-refractivity contribution in [1.29, 1.82) is 0 Å². The predicted molar refractivity (Wildman–Crippen MR) is 134 cm³/mol. The first-order chi connectivity index (χ1) is 14.1. The molecule has 0 aromatic heterocycles. The van der Waals surface area contributed by atoms with Crippen molar-refractivity contribution < 1.29 is 13.6 Å². The molecule has 0 heterocycles. The Hall–Kier alpha value is -1.16. The second-order valence-corrected chi connectivity index (χ2v) is 20.8. The second kappa shape index (κ2) is 11.1. The molecule has 0 aliphatic carbocycles. The molecular weight excluding hydrogens is 422 g/mol. The lowest BCUT2D eigenvalue weighted by molar-refractivity contribution is 0.0352. The highest BCUT2D eigenvalue weighted by Gasteiger charge is 2.43. The summed E-state index contributed by atoms with van der Waals surface area (Å²) in [4.78, 5) is 3.10. The van der Waals surface area contributed by atoms with E-state index < -0.39 is 22.7 Å². The zero-order chi connectivity index (χ0) is 23.9. The summed E-state index contributed by atoms with van der Waals surface area (Å²) in [5.41, 5.74) is 10.3. The Bertz CT molecular complexity index is 722. The van der Waals surface area contributed by atoms with Crippen LogP contribution in [0.1, 0.15) is 47.1 Å². The van der Waals surface area contributed by atoms with Crippen LogP contribution in [0.4, 0.5) is 0 Å². The van der Waals surface area contributed by atoms with Crippen molar-refractivity contribution in [1.82, 2.24) is 0 Å². The largest absolute Gasteiger partial charge is 0.414 e. The molecule has 2 atom stereocenters. The SMILES string of the molecule is CC(C)(C)[Si](C)(C)OC[C@H](O[Si](C)(C)C(C)(C)C)[C@@H](COCc1ccccc1)N=[N+]=[N-]. The van der Waals surface area contributed by atoms with Crippen LogP contribution in [0.25, 0.3) is 10.4 Å². The average Bonchev–Trinajstić information content (AvgIpc) is 2.63. The maximum Gasteiger partial charge on any atom is 0.192 e. The maximum atomic E-state index is 9.24. The van der Waals surface area contributed by atoms with Gasteiger partial charge in [0.2, 0.25) is 0 Å². The monoisotopic (exact) mass is 465 g/mol. The molecular formula is C23H43N3O3Si2. The van der Waals surface area contributed by atoms with Gasteiger partial charge in [0.05, 0.1) is 32.0 Å². The Morgan fingerprint density at radius 1 is 0.903 bits per heavy atom. The van der Waals surface area contributed by atoms with Crippen molar-refractivity contribution in [2.75, 3.05) is 13.2 Å². The van der Waals surface area contributed by atoms with E-state index >= 15 is 0 Å². The highest BCUT2D eigenvalue weighted by atomic mass is 28.4. The van der Waals surface area contributed by atoms with Crippen LogP contribution in [-0.4, -0.2) is 42.0 Å². The Morgan fingerprint density at radius 3 is 1.94 bits per heavy atom. The van der Waals surface area contributed by atoms with Gasteiger partial charge in [0, 0.05) is 4.91 Å². The first-order valence-corrected chi connectivity index (χ1v) is 16.9. The van der Waals surface area contributed by atoms with E-state index in [1.807, 2.05) is 30.3 Å². The summed E-state index contributed by atoms with van der Waals surface area (Å²) in [6, 6.07) is 9.54. The van der Waals surface area contributed by atoms with Crippen molar-refractivity contribution in [3.8, 4) is 0 Å². The average molecular weight is 466 g/mol. The van der Waals surface area contributed by atoms with Gasteiger partial charge < -0.3 is 13.6 Å². The van der Waals surface area contributed by atoms with Crippen LogP contribution < -0.4 is 0 Å². The van der Waals surface area contributed by atoms with Gasteiger partial charge in [0.1, 0.15) is 0 Å². The third-order valence-corrected chi connectivity index (χ3v) is 15.7. The number of hydrogen-bond acceptors (Lipinski definition) is 4. The molecule has 0 saturated heterocycles. The molecule has 1 aromatic rings. The molecule has 0 unspecified atom stereocenters. The van der Waals surface area contributed by atoms with Crippen LogP contribution in [0.5, 0.6) is 0 Å². The van der Waals surface area contributed by atoms with Crippen LogP contribution >= 0.6 is 0 Å². The molecule has 0 aliphatic heterocycles. The first-order valence-electron chi connectivity index (χ1n) is 11.1. The number of azide groups is 1. The van der Waals surface area contributed by atoms with Gasteiger partial charge in [0.25, 0.3) is 0 Å². The van der Waals surface area contributed by atoms with E-state index in [1.54, 1.807) is 0 Å². The normalized spacial score (nSPS) is 15.3. The van der Waals surface area contributed by atoms with E-state index in [1.165, 1.54) is 0 Å². The topological polar surface area (TPSA) is 76.5 Å². The smallest absolute Gasteiger partial charge is 0.192 e. The lowest BCUT2D eigenvalue weighted by Crippen LogP contribution is -2.51. The molecule has 0 fully saturated rings. The van der Waals surface area contributed by atoms with Gasteiger partial charge in [-0.1, -0.05) is 77.0 Å². The summed E-state index contributed by atoms with van der Waals surface area (Å²) in [5, 5.41) is 4.20. The van der Waals surface area contributed by atoms with Gasteiger partial charge in [-0.25, -0.2) is 0 Å². The van der Waals surface area contributed by atoms with E-state index in [0.717, 1.165) is 5.56 Å². The zero-order valence-corrected chi connectivity index (χ0v) is 23.2. The van der Waals surface area contributed by atoms with E-state index in [9.17, 15) is 5.53 Å². The Balaban J connectivity index is 3.03. The molecule has 6 nitrogen and oxygen atoms in total. The van der Waals surface area contributed by atoms with Crippen molar-refractivity contribution >= 4 is 16.6 Å². The van der Waals surface area contributed by atoms with Crippen LogP contribution in [0, 0.1) is 0 Å². The Labute approximate surface area is 191 Å². The highest BCUT2D eigenvalue weighted by Crippen LogP contribution is 2.39. The Kier molecular flexibility index (Phi) is 10.00. The number of nitrogens with zero attached hydrogens (tertiary/aromatic N) is 3. The Morgan fingerprint density at radius 2 is 1.45 bits per heavy atom. The van der Waals surface area contributed by atoms with E-state index in [4.69, 9.17) is 13.6 Å². The zero-order valence-electron chi connectivity index (χ0n) is 21.2. The fraction of sp³-hybridized carbons (Fsp3) is 0.739. The quantitative estimate of drug-likeness (QED) is 0.149. The lowest BCUT2D eigenvalue weighted by atomic mass is 10.2. The molecule has 0 saturated carbocycles. The maximum absolute atomic E-state index is 9.24. The van der Waals surface area contributed by atoms with Crippen molar-refractivity contribution in [2.24, 2.45) is 5.11 Å². The van der Waals surface area contributed by atoms with Gasteiger partial charge in [-0.3, -0.25) is 0 Å². The standard InChI is InChI=1S/C23H43N3O3Si2/c1-22(2,3)30(7,8)28-18-21(29-31(9,10)23(4,5)6)20(25-26-24)17-27-16-19-14-12-11-13-15-19/h11-15,20-21H,16-18H2,1-10H3/t20-,21+/m1/s1. The van der Waals surface area contributed by atoms with E-state index in [2.05, 4.69) is 77.8 Å². The van der Waals surface area contributed by atoms with Gasteiger partial charge in [-0.15, -0.1) is 0 Å². The summed E-state index contributed by atoms with van der Waals surface area (Å²) in [6.45, 7) is 23.3. The van der Waals surface area contributed by atoms with Crippen molar-refractivity contribution in [3.63, 3.8) is 0 Å². The van der Waals surface area contributed by atoms with Crippen molar-refractivity contribution in [2.45, 2.75) is 96.6 Å². The number of rotatable bonds is 11. The number of ether oxygens (including phenoxy) is 1. The molecule has 0 N–H and O–H groups in total.